The molecule has 1 aliphatic rings. The predicted octanol–water partition coefficient (Wildman–Crippen LogP) is 4.14. The molecule has 0 bridgehead atoms. The molecule has 1 fully saturated rings. The average molecular weight is 613 g/mol. The van der Waals surface area contributed by atoms with Crippen LogP contribution in [0.2, 0.25) is 0 Å². The third-order valence-electron chi connectivity index (χ3n) is 7.51. The van der Waals surface area contributed by atoms with E-state index >= 15 is 8.78 Å². The molecule has 5 rings (SSSR count). The van der Waals surface area contributed by atoms with Crippen LogP contribution in [-0.4, -0.2) is 76.0 Å². The molecule has 0 spiro atoms. The van der Waals surface area contributed by atoms with E-state index in [0.29, 0.717) is 16.9 Å². The second-order valence-corrected chi connectivity index (χ2v) is 12.9. The topological polar surface area (TPSA) is 139 Å². The number of pyridine rings is 2. The van der Waals surface area contributed by atoms with Gasteiger partial charge in [0.15, 0.2) is 21.3 Å². The monoisotopic (exact) mass is 612 g/mol. The van der Waals surface area contributed by atoms with E-state index in [-0.39, 0.29) is 42.4 Å². The van der Waals surface area contributed by atoms with Gasteiger partial charge in [0.2, 0.25) is 0 Å². The molecule has 1 saturated heterocycles. The Morgan fingerprint density at radius 2 is 1.84 bits per heavy atom. The molecule has 1 atom stereocenters. The molecule has 1 aliphatic heterocycles. The summed E-state index contributed by atoms with van der Waals surface area (Å²) in [6, 6.07) is 5.70. The Kier molecular flexibility index (Phi) is 7.67. The number of aryl methyl sites for hydroxylation is 1. The summed E-state index contributed by atoms with van der Waals surface area (Å²) in [6.45, 7) is 7.70. The molecule has 43 heavy (non-hydrogen) atoms. The Morgan fingerprint density at radius 1 is 1.12 bits per heavy atom. The third kappa shape index (κ3) is 5.31. The Bertz CT molecular complexity index is 1950. The van der Waals surface area contributed by atoms with Crippen molar-refractivity contribution in [3.63, 3.8) is 0 Å². The maximum absolute atomic E-state index is 16.0. The fourth-order valence-electron chi connectivity index (χ4n) is 5.48. The lowest BCUT2D eigenvalue weighted by molar-refractivity contribution is 0.136. The van der Waals surface area contributed by atoms with Gasteiger partial charge in [-0.25, -0.2) is 36.3 Å². The van der Waals surface area contributed by atoms with Gasteiger partial charge in [-0.05, 0) is 49.6 Å². The van der Waals surface area contributed by atoms with Crippen LogP contribution < -0.4 is 10.6 Å². The summed E-state index contributed by atoms with van der Waals surface area (Å²) in [6.07, 6.45) is 1.40. The quantitative estimate of drug-likeness (QED) is 0.352. The predicted molar refractivity (Wildman–Crippen MR) is 157 cm³/mol. The number of amides is 1. The lowest BCUT2D eigenvalue weighted by Crippen LogP contribution is -2.54. The van der Waals surface area contributed by atoms with Crippen LogP contribution in [0.4, 0.5) is 19.4 Å². The second kappa shape index (κ2) is 11.0. The summed E-state index contributed by atoms with van der Waals surface area (Å²) in [7, 11) is -4.01. The number of rotatable bonds is 5. The molecule has 0 aliphatic carbocycles. The molecule has 4 heterocycles. The summed E-state index contributed by atoms with van der Waals surface area (Å²) in [5.41, 5.74) is -0.440. The molecule has 0 radical (unpaired) electrons. The largest absolute Gasteiger partial charge is 0.465 e. The number of aromatic nitrogens is 4. The van der Waals surface area contributed by atoms with Crippen molar-refractivity contribution in [2.45, 2.75) is 44.6 Å². The van der Waals surface area contributed by atoms with Gasteiger partial charge in [-0.1, -0.05) is 19.9 Å². The minimum absolute atomic E-state index is 0.0799. The van der Waals surface area contributed by atoms with Gasteiger partial charge in [0, 0.05) is 38.1 Å². The molecule has 1 aromatic carbocycles. The normalized spacial score (nSPS) is 15.9. The minimum Gasteiger partial charge on any atom is -0.465 e. The summed E-state index contributed by atoms with van der Waals surface area (Å²) in [5.74, 6) is -2.10. The van der Waals surface area contributed by atoms with Crippen molar-refractivity contribution in [3.8, 4) is 16.9 Å². The molecule has 11 nitrogen and oxygen atoms in total. The second-order valence-electron chi connectivity index (χ2n) is 10.9. The number of benzene rings is 1. The van der Waals surface area contributed by atoms with Gasteiger partial charge in [0.25, 0.3) is 0 Å². The van der Waals surface area contributed by atoms with Crippen LogP contribution in [0.3, 0.4) is 0 Å². The molecular formula is C29H30F2N6O5S. The molecule has 0 saturated carbocycles. The molecule has 14 heteroatoms. The first-order chi connectivity index (χ1) is 20.2. The first-order valence-electron chi connectivity index (χ1n) is 13.5. The Hall–Kier alpha value is -4.46. The molecule has 4 aromatic rings. The maximum Gasteiger partial charge on any atom is 0.407 e. The number of hydrogen-bond acceptors (Lipinski definition) is 8. The van der Waals surface area contributed by atoms with Gasteiger partial charge in [-0.15, -0.1) is 0 Å². The van der Waals surface area contributed by atoms with E-state index < -0.39 is 55.4 Å². The van der Waals surface area contributed by atoms with Crippen molar-refractivity contribution >= 4 is 32.8 Å². The number of anilines is 1. The fourth-order valence-corrected chi connectivity index (χ4v) is 6.37. The molecule has 1 N–H and O–H groups in total. The van der Waals surface area contributed by atoms with Crippen molar-refractivity contribution < 1.29 is 27.1 Å². The smallest absolute Gasteiger partial charge is 0.407 e. The highest BCUT2D eigenvalue weighted by Gasteiger charge is 2.32. The van der Waals surface area contributed by atoms with Crippen LogP contribution in [0, 0.1) is 18.6 Å². The van der Waals surface area contributed by atoms with Gasteiger partial charge < -0.3 is 14.9 Å². The van der Waals surface area contributed by atoms with Crippen molar-refractivity contribution in [1.29, 1.82) is 0 Å². The van der Waals surface area contributed by atoms with Gasteiger partial charge >= 0.3 is 11.8 Å². The first-order valence-corrected chi connectivity index (χ1v) is 15.4. The lowest BCUT2D eigenvalue weighted by Gasteiger charge is -2.39. The fraction of sp³-hybridized carbons (Fsp3) is 0.345. The van der Waals surface area contributed by atoms with E-state index in [1.807, 2.05) is 13.8 Å². The number of nitrogens with zero attached hydrogens (tertiary/aromatic N) is 6. The van der Waals surface area contributed by atoms with E-state index in [9.17, 15) is 23.1 Å². The Balaban J connectivity index is 1.90. The van der Waals surface area contributed by atoms with Gasteiger partial charge in [0.05, 0.1) is 27.2 Å². The zero-order valence-corrected chi connectivity index (χ0v) is 25.0. The van der Waals surface area contributed by atoms with E-state index in [4.69, 9.17) is 0 Å². The molecule has 0 unspecified atom stereocenters. The Morgan fingerprint density at radius 3 is 2.47 bits per heavy atom. The number of carboxylic acid groups (broad SMARTS) is 1. The van der Waals surface area contributed by atoms with Crippen LogP contribution >= 0.6 is 0 Å². The summed E-state index contributed by atoms with van der Waals surface area (Å²) < 4.78 is 57.7. The van der Waals surface area contributed by atoms with Crippen LogP contribution in [0.1, 0.15) is 37.9 Å². The number of carbonyl (C=O) groups is 1. The Labute approximate surface area is 246 Å². The van der Waals surface area contributed by atoms with Crippen molar-refractivity contribution in [1.82, 2.24) is 24.4 Å². The zero-order chi connectivity index (χ0) is 31.4. The lowest BCUT2D eigenvalue weighted by atomic mass is 10.0. The van der Waals surface area contributed by atoms with Crippen LogP contribution in [0.5, 0.6) is 0 Å². The summed E-state index contributed by atoms with van der Waals surface area (Å²) in [5, 5.41) is 9.57. The van der Waals surface area contributed by atoms with Crippen LogP contribution in [-0.2, 0) is 9.84 Å². The number of sulfone groups is 1. The van der Waals surface area contributed by atoms with E-state index in [0.717, 1.165) is 24.5 Å². The van der Waals surface area contributed by atoms with Crippen molar-refractivity contribution in [2.75, 3.05) is 30.8 Å². The molecule has 226 valence electrons. The van der Waals surface area contributed by atoms with Crippen molar-refractivity contribution in [2.24, 2.45) is 0 Å². The molecule has 1 amide bonds. The first kappa shape index (κ1) is 30.0. The average Bonchev–Trinajstić information content (AvgIpc) is 2.92. The van der Waals surface area contributed by atoms with E-state index in [2.05, 4.69) is 15.0 Å². The summed E-state index contributed by atoms with van der Waals surface area (Å²) >= 11 is 0. The maximum atomic E-state index is 16.0. The highest BCUT2D eigenvalue weighted by molar-refractivity contribution is 7.90. The van der Waals surface area contributed by atoms with E-state index in [1.54, 1.807) is 31.0 Å². The van der Waals surface area contributed by atoms with Gasteiger partial charge in [0.1, 0.15) is 17.3 Å². The number of hydrogen-bond donors (Lipinski definition) is 1. The molecule has 3 aromatic heterocycles. The number of fused-ring (bicyclic) bond motifs is 1. The summed E-state index contributed by atoms with van der Waals surface area (Å²) in [4.78, 5) is 41.3. The van der Waals surface area contributed by atoms with E-state index in [1.165, 1.54) is 15.5 Å². The SMILES string of the molecule is Cc1ccnc(C(C)C)c1-n1c(=O)nc(N2CCN(C(=O)O)C[C@@H]2C)c2cc(F)c(-c3c(F)cccc3S(C)(=O)=O)nc21. The van der Waals surface area contributed by atoms with Gasteiger partial charge in [-0.2, -0.15) is 4.98 Å². The van der Waals surface area contributed by atoms with Crippen molar-refractivity contribution in [3.05, 3.63) is 69.9 Å². The highest BCUT2D eigenvalue weighted by atomic mass is 32.2. The minimum atomic E-state index is -4.01. The zero-order valence-electron chi connectivity index (χ0n) is 24.2. The van der Waals surface area contributed by atoms with Gasteiger partial charge in [-0.3, -0.25) is 4.98 Å². The van der Waals surface area contributed by atoms with Crippen LogP contribution in [0.25, 0.3) is 28.0 Å². The van der Waals surface area contributed by atoms with Crippen LogP contribution in [0.15, 0.2) is 46.2 Å². The molecular weight excluding hydrogens is 582 g/mol. The number of halogens is 2. The number of piperazine rings is 1. The standard InChI is InChI=1S/C29H30F2N6O5S/c1-15(2)23-25(16(3)9-10-32-23)37-27-18(26(34-28(37)38)36-12-11-35(29(39)40)14-17(36)4)13-20(31)24(33-27)22-19(30)7-6-8-21(22)43(5,41)42/h6-10,13,15,17H,11-12,14H2,1-5H3,(H,39,40)/t17-/m0/s1. The highest BCUT2D eigenvalue weighted by Crippen LogP contribution is 2.36. The third-order valence-corrected chi connectivity index (χ3v) is 8.65.